The maximum atomic E-state index is 8.81. The molecule has 4 heteroatoms. The lowest BCUT2D eigenvalue weighted by Crippen LogP contribution is -2.07. The van der Waals surface area contributed by atoms with Gasteiger partial charge in [0.15, 0.2) is 0 Å². The average molecular weight is 163 g/mol. The van der Waals surface area contributed by atoms with Crippen LogP contribution in [0.25, 0.3) is 0 Å². The summed E-state index contributed by atoms with van der Waals surface area (Å²) in [6.45, 7) is -0.131. The number of anilines is 1. The number of nitrogens with two attached hydrogens (primary N) is 1. The van der Waals surface area contributed by atoms with E-state index in [1.54, 1.807) is 18.2 Å². The third kappa shape index (κ3) is 1.53. The van der Waals surface area contributed by atoms with Crippen LogP contribution in [0.15, 0.2) is 18.2 Å². The molecule has 4 N–H and O–H groups in total. The van der Waals surface area contributed by atoms with Gasteiger partial charge in [0.2, 0.25) is 0 Å². The van der Waals surface area contributed by atoms with Crippen molar-refractivity contribution in [2.45, 2.75) is 6.61 Å². The molecule has 0 aromatic heterocycles. The second kappa shape index (κ2) is 3.72. The number of nitriles is 1. The van der Waals surface area contributed by atoms with Crippen LogP contribution in [0.5, 0.6) is 0 Å². The van der Waals surface area contributed by atoms with Crippen LogP contribution in [0.1, 0.15) is 11.1 Å². The summed E-state index contributed by atoms with van der Waals surface area (Å²) in [7, 11) is 0. The number of nitrogens with zero attached hydrogens (tertiary/aromatic N) is 1. The highest BCUT2D eigenvalue weighted by Gasteiger charge is 2.00. The van der Waals surface area contributed by atoms with Crippen LogP contribution in [0, 0.1) is 11.3 Å². The lowest BCUT2D eigenvalue weighted by Gasteiger charge is -2.02. The maximum absolute atomic E-state index is 8.81. The van der Waals surface area contributed by atoms with Crippen molar-refractivity contribution in [2.24, 2.45) is 5.84 Å². The molecular formula is C8H9N3O. The van der Waals surface area contributed by atoms with Gasteiger partial charge in [-0.1, -0.05) is 6.07 Å². The van der Waals surface area contributed by atoms with Gasteiger partial charge in [0.1, 0.15) is 0 Å². The summed E-state index contributed by atoms with van der Waals surface area (Å²) >= 11 is 0. The van der Waals surface area contributed by atoms with Gasteiger partial charge in [-0.2, -0.15) is 5.26 Å². The number of aliphatic hydroxyl groups is 1. The number of nitrogen functional groups attached to an aromatic ring is 1. The van der Waals surface area contributed by atoms with Gasteiger partial charge in [-0.05, 0) is 17.7 Å². The van der Waals surface area contributed by atoms with Gasteiger partial charge in [-0.25, -0.2) is 0 Å². The molecule has 1 aromatic rings. The van der Waals surface area contributed by atoms with Crippen molar-refractivity contribution in [1.29, 1.82) is 5.26 Å². The SMILES string of the molecule is N#Cc1cc(NN)ccc1CO. The predicted octanol–water partition coefficient (Wildman–Crippen LogP) is 0.336. The first kappa shape index (κ1) is 8.53. The molecule has 0 spiro atoms. The molecule has 0 saturated heterocycles. The molecule has 0 amide bonds. The molecule has 0 unspecified atom stereocenters. The first-order valence-electron chi connectivity index (χ1n) is 3.42. The lowest BCUT2D eigenvalue weighted by molar-refractivity contribution is 0.281. The van der Waals surface area contributed by atoms with E-state index in [1.165, 1.54) is 0 Å². The first-order chi connectivity index (χ1) is 5.81. The zero-order valence-electron chi connectivity index (χ0n) is 6.41. The molecule has 62 valence electrons. The highest BCUT2D eigenvalue weighted by atomic mass is 16.3. The minimum absolute atomic E-state index is 0.131. The zero-order chi connectivity index (χ0) is 8.97. The molecular weight excluding hydrogens is 154 g/mol. The van der Waals surface area contributed by atoms with Gasteiger partial charge < -0.3 is 10.5 Å². The van der Waals surface area contributed by atoms with Crippen LogP contribution in [-0.4, -0.2) is 5.11 Å². The molecule has 1 aromatic carbocycles. The Hall–Kier alpha value is -1.57. The summed E-state index contributed by atoms with van der Waals surface area (Å²) in [4.78, 5) is 0. The molecule has 0 heterocycles. The largest absolute Gasteiger partial charge is 0.392 e. The summed E-state index contributed by atoms with van der Waals surface area (Å²) in [5.41, 5.74) is 4.12. The predicted molar refractivity (Wildman–Crippen MR) is 44.9 cm³/mol. The molecule has 12 heavy (non-hydrogen) atoms. The first-order valence-corrected chi connectivity index (χ1v) is 3.42. The number of hydrazine groups is 1. The maximum Gasteiger partial charge on any atom is 0.0996 e. The van der Waals surface area contributed by atoms with E-state index in [2.05, 4.69) is 5.43 Å². The fourth-order valence-corrected chi connectivity index (χ4v) is 0.908. The van der Waals surface area contributed by atoms with Gasteiger partial charge in [0.05, 0.1) is 18.2 Å². The molecule has 0 bridgehead atoms. The number of nitrogens with one attached hydrogen (secondary N) is 1. The van der Waals surface area contributed by atoms with E-state index in [0.717, 1.165) is 0 Å². The Morgan fingerprint density at radius 2 is 2.33 bits per heavy atom. The third-order valence-corrected chi connectivity index (χ3v) is 1.57. The van der Waals surface area contributed by atoms with E-state index in [0.29, 0.717) is 16.8 Å². The standard InChI is InChI=1S/C8H9N3O/c9-4-7-3-8(11-10)2-1-6(7)5-12/h1-3,11-12H,5,10H2. The summed E-state index contributed by atoms with van der Waals surface area (Å²) in [5.74, 6) is 5.14. The van der Waals surface area contributed by atoms with E-state index < -0.39 is 0 Å². The van der Waals surface area contributed by atoms with Gasteiger partial charge in [-0.15, -0.1) is 0 Å². The van der Waals surface area contributed by atoms with Gasteiger partial charge in [0, 0.05) is 5.69 Å². The number of benzene rings is 1. The molecule has 0 aliphatic rings. The second-order valence-electron chi connectivity index (χ2n) is 2.29. The van der Waals surface area contributed by atoms with Gasteiger partial charge in [0.25, 0.3) is 0 Å². The molecule has 4 nitrogen and oxygen atoms in total. The van der Waals surface area contributed by atoms with E-state index in [-0.39, 0.29) is 6.61 Å². The second-order valence-corrected chi connectivity index (χ2v) is 2.29. The van der Waals surface area contributed by atoms with Crippen molar-refractivity contribution in [3.8, 4) is 6.07 Å². The Bertz CT molecular complexity index is 317. The normalized spacial score (nSPS) is 9.08. The molecule has 0 atom stereocenters. The topological polar surface area (TPSA) is 82.1 Å². The minimum Gasteiger partial charge on any atom is -0.392 e. The summed E-state index contributed by atoms with van der Waals surface area (Å²) in [5, 5.41) is 17.5. The van der Waals surface area contributed by atoms with Crippen molar-refractivity contribution in [3.05, 3.63) is 29.3 Å². The quantitative estimate of drug-likeness (QED) is 0.433. The van der Waals surface area contributed by atoms with E-state index in [1.807, 2.05) is 6.07 Å². The van der Waals surface area contributed by atoms with E-state index in [9.17, 15) is 0 Å². The van der Waals surface area contributed by atoms with Gasteiger partial charge >= 0.3 is 0 Å². The number of hydrogen-bond donors (Lipinski definition) is 3. The molecule has 0 radical (unpaired) electrons. The number of hydrogen-bond acceptors (Lipinski definition) is 4. The Morgan fingerprint density at radius 3 is 2.83 bits per heavy atom. The summed E-state index contributed by atoms with van der Waals surface area (Å²) < 4.78 is 0. The third-order valence-electron chi connectivity index (χ3n) is 1.57. The number of rotatable bonds is 2. The smallest absolute Gasteiger partial charge is 0.0996 e. The fraction of sp³-hybridized carbons (Fsp3) is 0.125. The molecule has 1 rings (SSSR count). The van der Waals surface area contributed by atoms with Crippen LogP contribution in [0.2, 0.25) is 0 Å². The fourth-order valence-electron chi connectivity index (χ4n) is 0.908. The van der Waals surface area contributed by atoms with Crippen LogP contribution in [-0.2, 0) is 6.61 Å². The van der Waals surface area contributed by atoms with Crippen molar-refractivity contribution in [1.82, 2.24) is 0 Å². The Balaban J connectivity index is 3.13. The van der Waals surface area contributed by atoms with Crippen LogP contribution in [0.4, 0.5) is 5.69 Å². The molecule has 0 aliphatic carbocycles. The lowest BCUT2D eigenvalue weighted by atomic mass is 10.1. The number of aliphatic hydroxyl groups excluding tert-OH is 1. The summed E-state index contributed by atoms with van der Waals surface area (Å²) in [6.07, 6.45) is 0. The minimum atomic E-state index is -0.131. The Labute approximate surface area is 70.2 Å². The molecule has 0 aliphatic heterocycles. The van der Waals surface area contributed by atoms with Crippen molar-refractivity contribution < 1.29 is 5.11 Å². The van der Waals surface area contributed by atoms with Gasteiger partial charge in [-0.3, -0.25) is 5.84 Å². The zero-order valence-corrected chi connectivity index (χ0v) is 6.41. The van der Waals surface area contributed by atoms with E-state index in [4.69, 9.17) is 16.2 Å². The van der Waals surface area contributed by atoms with Crippen molar-refractivity contribution >= 4 is 5.69 Å². The average Bonchev–Trinajstić information content (AvgIpc) is 2.16. The Morgan fingerprint density at radius 1 is 1.58 bits per heavy atom. The van der Waals surface area contributed by atoms with Crippen molar-refractivity contribution in [2.75, 3.05) is 5.43 Å². The Kier molecular flexibility index (Phi) is 2.64. The van der Waals surface area contributed by atoms with Crippen LogP contribution >= 0.6 is 0 Å². The molecule has 0 saturated carbocycles. The van der Waals surface area contributed by atoms with Crippen molar-refractivity contribution in [3.63, 3.8) is 0 Å². The van der Waals surface area contributed by atoms with Crippen LogP contribution in [0.3, 0.4) is 0 Å². The summed E-state index contributed by atoms with van der Waals surface area (Å²) in [6, 6.07) is 6.92. The highest BCUT2D eigenvalue weighted by molar-refractivity contribution is 5.51. The van der Waals surface area contributed by atoms with E-state index >= 15 is 0 Å². The monoisotopic (exact) mass is 163 g/mol. The van der Waals surface area contributed by atoms with Crippen LogP contribution < -0.4 is 11.3 Å². The highest BCUT2D eigenvalue weighted by Crippen LogP contribution is 2.13. The molecule has 0 fully saturated rings.